The molecule has 1 aromatic rings. The lowest BCUT2D eigenvalue weighted by atomic mass is 9.98. The molecule has 1 aromatic heterocycles. The Morgan fingerprint density at radius 1 is 1.43 bits per heavy atom. The molecule has 1 aliphatic rings. The van der Waals surface area contributed by atoms with Crippen molar-refractivity contribution < 1.29 is 0 Å². The van der Waals surface area contributed by atoms with Gasteiger partial charge in [-0.3, -0.25) is 0 Å². The summed E-state index contributed by atoms with van der Waals surface area (Å²) in [5.41, 5.74) is 4.33. The molecule has 2 rings (SSSR count). The second kappa shape index (κ2) is 3.43. The Labute approximate surface area is 86.3 Å². The lowest BCUT2D eigenvalue weighted by Crippen LogP contribution is -2.35. The molecule has 2 heteroatoms. The van der Waals surface area contributed by atoms with Gasteiger partial charge in [0, 0.05) is 23.5 Å². The molecular formula is C12H20N2. The van der Waals surface area contributed by atoms with Gasteiger partial charge >= 0.3 is 0 Å². The molecule has 1 N–H and O–H groups in total. The van der Waals surface area contributed by atoms with E-state index >= 15 is 0 Å². The third-order valence-electron chi connectivity index (χ3n) is 3.24. The number of nitrogens with one attached hydrogen (secondary N) is 1. The van der Waals surface area contributed by atoms with E-state index in [4.69, 9.17) is 0 Å². The average molecular weight is 192 g/mol. The van der Waals surface area contributed by atoms with Crippen molar-refractivity contribution in [2.75, 3.05) is 6.54 Å². The van der Waals surface area contributed by atoms with Crippen molar-refractivity contribution in [3.63, 3.8) is 0 Å². The zero-order chi connectivity index (χ0) is 10.3. The van der Waals surface area contributed by atoms with Crippen molar-refractivity contribution in [1.82, 2.24) is 9.88 Å². The fourth-order valence-electron chi connectivity index (χ4n) is 2.50. The maximum absolute atomic E-state index is 3.47. The smallest absolute Gasteiger partial charge is 0.0350 e. The molecule has 0 amide bonds. The van der Waals surface area contributed by atoms with Crippen molar-refractivity contribution in [2.24, 2.45) is 0 Å². The molecule has 2 nitrogen and oxygen atoms in total. The minimum Gasteiger partial charge on any atom is -0.346 e. The Hall–Kier alpha value is -0.760. The molecule has 0 radical (unpaired) electrons. The van der Waals surface area contributed by atoms with E-state index in [1.807, 2.05) is 0 Å². The van der Waals surface area contributed by atoms with E-state index in [1.165, 1.54) is 29.9 Å². The Balaban J connectivity index is 2.38. The minimum absolute atomic E-state index is 0.573. The Morgan fingerprint density at radius 3 is 2.43 bits per heavy atom. The summed E-state index contributed by atoms with van der Waals surface area (Å²) in [4.78, 5) is 0. The van der Waals surface area contributed by atoms with E-state index in [2.05, 4.69) is 43.6 Å². The van der Waals surface area contributed by atoms with Crippen LogP contribution in [0.2, 0.25) is 0 Å². The van der Waals surface area contributed by atoms with Crippen LogP contribution in [0.15, 0.2) is 6.07 Å². The van der Waals surface area contributed by atoms with Crippen LogP contribution in [0.5, 0.6) is 0 Å². The van der Waals surface area contributed by atoms with Crippen molar-refractivity contribution in [3.8, 4) is 0 Å². The first kappa shape index (κ1) is 9.78. The third-order valence-corrected chi connectivity index (χ3v) is 3.24. The highest BCUT2D eigenvalue weighted by molar-refractivity contribution is 5.31. The molecule has 0 unspecified atom stereocenters. The number of nitrogens with zero attached hydrogens (tertiary/aromatic N) is 1. The predicted octanol–water partition coefficient (Wildman–Crippen LogP) is 2.72. The van der Waals surface area contributed by atoms with Gasteiger partial charge in [0.25, 0.3) is 0 Å². The van der Waals surface area contributed by atoms with Gasteiger partial charge in [0.2, 0.25) is 0 Å². The molecule has 0 bridgehead atoms. The molecule has 1 saturated heterocycles. The first-order valence-corrected chi connectivity index (χ1v) is 5.53. The number of rotatable bonds is 2. The fraction of sp³-hybridized carbons (Fsp3) is 0.667. The highest BCUT2D eigenvalue weighted by atomic mass is 15.0. The van der Waals surface area contributed by atoms with E-state index in [0.717, 1.165) is 0 Å². The molecule has 78 valence electrons. The fourth-order valence-corrected chi connectivity index (χ4v) is 2.50. The highest BCUT2D eigenvalue weighted by Gasteiger charge is 2.23. The lowest BCUT2D eigenvalue weighted by molar-refractivity contribution is 0.380. The van der Waals surface area contributed by atoms with Crippen LogP contribution in [0.25, 0.3) is 0 Å². The topological polar surface area (TPSA) is 17.0 Å². The molecule has 1 fully saturated rings. The Morgan fingerprint density at radius 2 is 2.07 bits per heavy atom. The molecule has 1 aliphatic heterocycles. The first-order chi connectivity index (χ1) is 6.61. The van der Waals surface area contributed by atoms with Crippen molar-refractivity contribution in [1.29, 1.82) is 0 Å². The lowest BCUT2D eigenvalue weighted by Gasteiger charge is -2.28. The van der Waals surface area contributed by atoms with Gasteiger partial charge in [0.1, 0.15) is 0 Å². The first-order valence-electron chi connectivity index (χ1n) is 5.53. The summed E-state index contributed by atoms with van der Waals surface area (Å²) in [6.07, 6.45) is 1.29. The van der Waals surface area contributed by atoms with Gasteiger partial charge in [0.15, 0.2) is 0 Å². The number of hydrogen-bond acceptors (Lipinski definition) is 1. The summed E-state index contributed by atoms with van der Waals surface area (Å²) in [6, 6.07) is 3.53. The van der Waals surface area contributed by atoms with Gasteiger partial charge < -0.3 is 9.88 Å². The van der Waals surface area contributed by atoms with Gasteiger partial charge in [-0.25, -0.2) is 0 Å². The van der Waals surface area contributed by atoms with E-state index < -0.39 is 0 Å². The van der Waals surface area contributed by atoms with Gasteiger partial charge in [-0.05, 0) is 52.3 Å². The summed E-state index contributed by atoms with van der Waals surface area (Å²) in [5.74, 6) is 0. The zero-order valence-electron chi connectivity index (χ0n) is 9.59. The van der Waals surface area contributed by atoms with Gasteiger partial charge in [-0.2, -0.15) is 0 Å². The highest BCUT2D eigenvalue weighted by Crippen LogP contribution is 2.30. The summed E-state index contributed by atoms with van der Waals surface area (Å²) in [7, 11) is 0. The predicted molar refractivity (Wildman–Crippen MR) is 59.7 cm³/mol. The van der Waals surface area contributed by atoms with E-state index in [9.17, 15) is 0 Å². The normalized spacial score (nSPS) is 21.4. The van der Waals surface area contributed by atoms with Crippen molar-refractivity contribution in [3.05, 3.63) is 23.0 Å². The van der Waals surface area contributed by atoms with Gasteiger partial charge in [-0.15, -0.1) is 0 Å². The monoisotopic (exact) mass is 192 g/mol. The Kier molecular flexibility index (Phi) is 2.40. The second-order valence-electron chi connectivity index (χ2n) is 4.59. The Bertz CT molecular complexity index is 332. The largest absolute Gasteiger partial charge is 0.346 e. The van der Waals surface area contributed by atoms with E-state index in [1.54, 1.807) is 0 Å². The van der Waals surface area contributed by atoms with E-state index in [-0.39, 0.29) is 0 Å². The second-order valence-corrected chi connectivity index (χ2v) is 4.59. The molecule has 0 aliphatic carbocycles. The number of aryl methyl sites for hydroxylation is 1. The third kappa shape index (κ3) is 1.38. The van der Waals surface area contributed by atoms with Crippen molar-refractivity contribution >= 4 is 0 Å². The molecule has 0 saturated carbocycles. The van der Waals surface area contributed by atoms with Crippen LogP contribution in [0.3, 0.4) is 0 Å². The minimum atomic E-state index is 0.573. The molecule has 14 heavy (non-hydrogen) atoms. The van der Waals surface area contributed by atoms with Gasteiger partial charge in [0.05, 0.1) is 0 Å². The molecule has 0 aromatic carbocycles. The maximum atomic E-state index is 3.47. The zero-order valence-corrected chi connectivity index (χ0v) is 9.59. The van der Waals surface area contributed by atoms with Crippen LogP contribution in [-0.2, 0) is 0 Å². The maximum Gasteiger partial charge on any atom is 0.0350 e. The van der Waals surface area contributed by atoms with Crippen LogP contribution >= 0.6 is 0 Å². The van der Waals surface area contributed by atoms with Crippen LogP contribution in [0.4, 0.5) is 0 Å². The molecule has 1 atom stereocenters. The summed E-state index contributed by atoms with van der Waals surface area (Å²) < 4.78 is 2.43. The van der Waals surface area contributed by atoms with Crippen LogP contribution < -0.4 is 5.32 Å². The quantitative estimate of drug-likeness (QED) is 0.762. The van der Waals surface area contributed by atoms with Crippen LogP contribution in [0, 0.1) is 13.8 Å². The SMILES string of the molecule is Cc1cc([C@H]2CCN2)c(C)n1C(C)C. The van der Waals surface area contributed by atoms with E-state index in [0.29, 0.717) is 12.1 Å². The van der Waals surface area contributed by atoms with Crippen LogP contribution in [0.1, 0.15) is 49.3 Å². The summed E-state index contributed by atoms with van der Waals surface area (Å²) in [6.45, 7) is 10.1. The number of aromatic nitrogens is 1. The molecular weight excluding hydrogens is 172 g/mol. The molecule has 0 spiro atoms. The summed E-state index contributed by atoms with van der Waals surface area (Å²) >= 11 is 0. The standard InChI is InChI=1S/C12H20N2/c1-8(2)14-9(3)7-11(10(14)4)12-5-6-13-12/h7-8,12-13H,5-6H2,1-4H3/t12-/m1/s1. The molecule has 2 heterocycles. The number of hydrogen-bond donors (Lipinski definition) is 1. The van der Waals surface area contributed by atoms with Crippen molar-refractivity contribution in [2.45, 2.75) is 46.2 Å². The summed E-state index contributed by atoms with van der Waals surface area (Å²) in [5, 5.41) is 3.47. The van der Waals surface area contributed by atoms with Gasteiger partial charge in [-0.1, -0.05) is 0 Å². The average Bonchev–Trinajstić information content (AvgIpc) is 2.23. The van der Waals surface area contributed by atoms with Crippen LogP contribution in [-0.4, -0.2) is 11.1 Å².